The maximum absolute atomic E-state index is 12.0. The highest BCUT2D eigenvalue weighted by Crippen LogP contribution is 2.28. The first-order valence-electron chi connectivity index (χ1n) is 7.50. The maximum atomic E-state index is 12.0. The highest BCUT2D eigenvalue weighted by molar-refractivity contribution is 8.00. The van der Waals surface area contributed by atoms with Gasteiger partial charge in [-0.05, 0) is 19.1 Å². The molecule has 7 heteroatoms. The highest BCUT2D eigenvalue weighted by Gasteiger charge is 2.18. The lowest BCUT2D eigenvalue weighted by Gasteiger charge is -2.10. The summed E-state index contributed by atoms with van der Waals surface area (Å²) < 4.78 is 1.77. The molecular weight excluding hydrogens is 322 g/mol. The second-order valence-electron chi connectivity index (χ2n) is 5.10. The van der Waals surface area contributed by atoms with E-state index in [0.717, 1.165) is 21.7 Å². The Hall–Kier alpha value is -2.67. The van der Waals surface area contributed by atoms with Crippen LogP contribution in [0.4, 0.5) is 0 Å². The van der Waals surface area contributed by atoms with Crippen molar-refractivity contribution in [3.8, 4) is 5.69 Å². The molecule has 1 unspecified atom stereocenters. The largest absolute Gasteiger partial charge is 0.352 e. The summed E-state index contributed by atoms with van der Waals surface area (Å²) in [7, 11) is 0. The molecule has 1 N–H and O–H groups in total. The van der Waals surface area contributed by atoms with Crippen molar-refractivity contribution in [2.45, 2.75) is 17.2 Å². The number of thioether (sulfide) groups is 1. The summed E-state index contributed by atoms with van der Waals surface area (Å²) in [6.07, 6.45) is 4.89. The van der Waals surface area contributed by atoms with Crippen LogP contribution >= 0.6 is 11.8 Å². The molecule has 6 nitrogen and oxygen atoms in total. The van der Waals surface area contributed by atoms with Gasteiger partial charge in [0.1, 0.15) is 11.4 Å². The van der Waals surface area contributed by atoms with E-state index >= 15 is 0 Å². The molecule has 122 valence electrons. The van der Waals surface area contributed by atoms with Crippen LogP contribution in [0, 0.1) is 0 Å². The predicted molar refractivity (Wildman–Crippen MR) is 95.2 cm³/mol. The first-order chi connectivity index (χ1) is 11.7. The first-order valence-corrected chi connectivity index (χ1v) is 8.38. The number of para-hydroxylation sites is 1. The Morgan fingerprint density at radius 3 is 2.92 bits per heavy atom. The molecule has 0 aliphatic carbocycles. The van der Waals surface area contributed by atoms with E-state index < -0.39 is 0 Å². The molecule has 1 atom stereocenters. The van der Waals surface area contributed by atoms with Crippen LogP contribution in [0.3, 0.4) is 0 Å². The minimum atomic E-state index is -0.275. The number of fused-ring (bicyclic) bond motifs is 1. The smallest absolute Gasteiger partial charge is 0.233 e. The number of benzene rings is 1. The van der Waals surface area contributed by atoms with Gasteiger partial charge < -0.3 is 5.32 Å². The molecule has 3 rings (SSSR count). The molecule has 0 fully saturated rings. The molecule has 1 aromatic carbocycles. The van der Waals surface area contributed by atoms with Crippen LogP contribution < -0.4 is 5.32 Å². The van der Waals surface area contributed by atoms with Crippen molar-refractivity contribution in [3.05, 3.63) is 55.5 Å². The average molecular weight is 339 g/mol. The van der Waals surface area contributed by atoms with Crippen molar-refractivity contribution in [1.29, 1.82) is 0 Å². The van der Waals surface area contributed by atoms with Crippen molar-refractivity contribution in [3.63, 3.8) is 0 Å². The monoisotopic (exact) mass is 339 g/mol. The number of hydrogen-bond donors (Lipinski definition) is 1. The van der Waals surface area contributed by atoms with E-state index in [9.17, 15) is 4.79 Å². The summed E-state index contributed by atoms with van der Waals surface area (Å²) in [5.74, 6) is -0.0536. The molecule has 0 bridgehead atoms. The Balaban J connectivity index is 1.89. The Morgan fingerprint density at radius 1 is 1.38 bits per heavy atom. The molecule has 0 aliphatic rings. The molecule has 3 aromatic rings. The van der Waals surface area contributed by atoms with Crippen LogP contribution in [0.15, 0.2) is 60.5 Å². The summed E-state index contributed by atoms with van der Waals surface area (Å²) in [5.41, 5.74) is 1.65. The molecule has 0 saturated heterocycles. The number of nitrogens with zero attached hydrogens (tertiary/aromatic N) is 4. The molecule has 0 spiro atoms. The number of aromatic nitrogens is 4. The summed E-state index contributed by atoms with van der Waals surface area (Å²) in [4.78, 5) is 20.7. The summed E-state index contributed by atoms with van der Waals surface area (Å²) in [5, 5.41) is 8.50. The van der Waals surface area contributed by atoms with Gasteiger partial charge in [0, 0.05) is 6.54 Å². The minimum absolute atomic E-state index is 0.0536. The lowest BCUT2D eigenvalue weighted by molar-refractivity contribution is -0.120. The fourth-order valence-corrected chi connectivity index (χ4v) is 3.12. The normalized spacial score (nSPS) is 12.0. The zero-order valence-electron chi connectivity index (χ0n) is 13.2. The molecule has 2 heterocycles. The Morgan fingerprint density at radius 2 is 2.17 bits per heavy atom. The van der Waals surface area contributed by atoms with Gasteiger partial charge in [0.15, 0.2) is 5.65 Å². The van der Waals surface area contributed by atoms with Gasteiger partial charge in [0.2, 0.25) is 5.91 Å². The zero-order chi connectivity index (χ0) is 16.9. The van der Waals surface area contributed by atoms with Gasteiger partial charge in [-0.25, -0.2) is 14.6 Å². The number of carbonyl (C=O) groups excluding carboxylic acids is 1. The first kappa shape index (κ1) is 16.2. The maximum Gasteiger partial charge on any atom is 0.233 e. The number of rotatable bonds is 6. The third-order valence-electron chi connectivity index (χ3n) is 3.41. The fourth-order valence-electron chi connectivity index (χ4n) is 2.21. The second kappa shape index (κ2) is 7.27. The predicted octanol–water partition coefficient (Wildman–Crippen LogP) is 2.60. The Labute approximate surface area is 144 Å². The van der Waals surface area contributed by atoms with E-state index in [1.165, 1.54) is 18.1 Å². The lowest BCUT2D eigenvalue weighted by atomic mass is 10.3. The SMILES string of the molecule is C=CCNC(=O)C(C)Sc1ncnc2c1cnn2-c1ccccc1. The number of nitrogens with one attached hydrogen (secondary N) is 1. The van der Waals surface area contributed by atoms with Crippen molar-refractivity contribution >= 4 is 28.7 Å². The molecule has 0 radical (unpaired) electrons. The second-order valence-corrected chi connectivity index (χ2v) is 6.43. The summed E-state index contributed by atoms with van der Waals surface area (Å²) >= 11 is 1.39. The van der Waals surface area contributed by atoms with E-state index in [2.05, 4.69) is 27.0 Å². The van der Waals surface area contributed by atoms with E-state index in [1.807, 2.05) is 37.3 Å². The van der Waals surface area contributed by atoms with Crippen LogP contribution in [0.5, 0.6) is 0 Å². The van der Waals surface area contributed by atoms with Crippen LogP contribution in [0.1, 0.15) is 6.92 Å². The number of carbonyl (C=O) groups is 1. The highest BCUT2D eigenvalue weighted by atomic mass is 32.2. The lowest BCUT2D eigenvalue weighted by Crippen LogP contribution is -2.30. The van der Waals surface area contributed by atoms with Gasteiger partial charge in [-0.15, -0.1) is 6.58 Å². The van der Waals surface area contributed by atoms with Crippen molar-refractivity contribution < 1.29 is 4.79 Å². The average Bonchev–Trinajstić information content (AvgIpc) is 3.05. The van der Waals surface area contributed by atoms with Crippen molar-refractivity contribution in [1.82, 2.24) is 25.1 Å². The molecule has 0 aliphatic heterocycles. The standard InChI is InChI=1S/C17H17N5OS/c1-3-9-18-16(23)12(2)24-17-14-10-21-22(15(14)19-11-20-17)13-7-5-4-6-8-13/h3-8,10-12H,1,9H2,2H3,(H,18,23). The van der Waals surface area contributed by atoms with E-state index in [4.69, 9.17) is 0 Å². The Bertz CT molecular complexity index is 862. The minimum Gasteiger partial charge on any atom is -0.352 e. The molecule has 24 heavy (non-hydrogen) atoms. The van der Waals surface area contributed by atoms with Gasteiger partial charge in [0.05, 0.1) is 22.5 Å². The summed E-state index contributed by atoms with van der Waals surface area (Å²) in [6, 6.07) is 9.78. The van der Waals surface area contributed by atoms with E-state index in [-0.39, 0.29) is 11.2 Å². The van der Waals surface area contributed by atoms with Crippen LogP contribution in [0.25, 0.3) is 16.7 Å². The topological polar surface area (TPSA) is 72.7 Å². The van der Waals surface area contributed by atoms with Crippen LogP contribution in [-0.2, 0) is 4.79 Å². The number of amides is 1. The van der Waals surface area contributed by atoms with Gasteiger partial charge in [-0.2, -0.15) is 5.10 Å². The van der Waals surface area contributed by atoms with Crippen LogP contribution in [0.2, 0.25) is 0 Å². The molecule has 0 saturated carbocycles. The quantitative estimate of drug-likeness (QED) is 0.424. The third-order valence-corrected chi connectivity index (χ3v) is 4.52. The van der Waals surface area contributed by atoms with Crippen LogP contribution in [-0.4, -0.2) is 37.5 Å². The number of hydrogen-bond acceptors (Lipinski definition) is 5. The van der Waals surface area contributed by atoms with Gasteiger partial charge in [-0.1, -0.05) is 36.0 Å². The molecule has 1 amide bonds. The third kappa shape index (κ3) is 3.30. The Kier molecular flexibility index (Phi) is 4.90. The van der Waals surface area contributed by atoms with Gasteiger partial charge >= 0.3 is 0 Å². The summed E-state index contributed by atoms with van der Waals surface area (Å²) in [6.45, 7) is 5.89. The van der Waals surface area contributed by atoms with E-state index in [1.54, 1.807) is 17.0 Å². The van der Waals surface area contributed by atoms with Crippen molar-refractivity contribution in [2.24, 2.45) is 0 Å². The molecule has 2 aromatic heterocycles. The van der Waals surface area contributed by atoms with Crippen molar-refractivity contribution in [2.75, 3.05) is 6.54 Å². The zero-order valence-corrected chi connectivity index (χ0v) is 14.0. The fraction of sp³-hybridized carbons (Fsp3) is 0.176. The van der Waals surface area contributed by atoms with Gasteiger partial charge in [0.25, 0.3) is 0 Å². The van der Waals surface area contributed by atoms with Gasteiger partial charge in [-0.3, -0.25) is 4.79 Å². The molecular formula is C17H17N5OS. The van der Waals surface area contributed by atoms with E-state index in [0.29, 0.717) is 6.54 Å².